The summed E-state index contributed by atoms with van der Waals surface area (Å²) in [4.78, 5) is 25.2. The van der Waals surface area contributed by atoms with E-state index in [1.807, 2.05) is 4.90 Å². The van der Waals surface area contributed by atoms with E-state index in [1.165, 1.54) is 13.4 Å². The molecule has 0 spiro atoms. The first-order chi connectivity index (χ1) is 8.20. The van der Waals surface area contributed by atoms with Crippen molar-refractivity contribution in [3.05, 3.63) is 11.6 Å². The van der Waals surface area contributed by atoms with Gasteiger partial charge in [0.25, 0.3) is 0 Å². The highest BCUT2D eigenvalue weighted by atomic mass is 35.5. The van der Waals surface area contributed by atoms with Gasteiger partial charge in [-0.05, 0) is 24.4 Å². The number of esters is 1. The van der Waals surface area contributed by atoms with E-state index in [0.29, 0.717) is 5.95 Å². The third-order valence-electron chi connectivity index (χ3n) is 2.84. The zero-order valence-electron chi connectivity index (χ0n) is 9.47. The van der Waals surface area contributed by atoms with E-state index < -0.39 is 0 Å². The SMILES string of the molecule is COC(=O)C1CCN(c2ncnc(Cl)n2)CC1. The van der Waals surface area contributed by atoms with Crippen LogP contribution in [0.3, 0.4) is 0 Å². The Morgan fingerprint density at radius 2 is 2.18 bits per heavy atom. The number of hydrogen-bond donors (Lipinski definition) is 0. The Balaban J connectivity index is 1.97. The monoisotopic (exact) mass is 256 g/mol. The van der Waals surface area contributed by atoms with E-state index in [2.05, 4.69) is 15.0 Å². The average molecular weight is 257 g/mol. The predicted molar refractivity (Wildman–Crippen MR) is 61.8 cm³/mol. The van der Waals surface area contributed by atoms with Crippen molar-refractivity contribution in [3.8, 4) is 0 Å². The number of piperidine rings is 1. The highest BCUT2D eigenvalue weighted by molar-refractivity contribution is 6.28. The van der Waals surface area contributed by atoms with Crippen molar-refractivity contribution >= 4 is 23.5 Å². The van der Waals surface area contributed by atoms with Gasteiger partial charge in [0.05, 0.1) is 13.0 Å². The minimum Gasteiger partial charge on any atom is -0.469 e. The van der Waals surface area contributed by atoms with Gasteiger partial charge in [-0.15, -0.1) is 0 Å². The molecule has 92 valence electrons. The molecule has 17 heavy (non-hydrogen) atoms. The fraction of sp³-hybridized carbons (Fsp3) is 0.600. The lowest BCUT2D eigenvalue weighted by atomic mass is 9.97. The van der Waals surface area contributed by atoms with Gasteiger partial charge in [-0.3, -0.25) is 4.79 Å². The lowest BCUT2D eigenvalue weighted by Crippen LogP contribution is -2.37. The number of methoxy groups -OCH3 is 1. The molecule has 1 fully saturated rings. The number of halogens is 1. The van der Waals surface area contributed by atoms with Gasteiger partial charge in [-0.25, -0.2) is 9.97 Å². The maximum Gasteiger partial charge on any atom is 0.308 e. The maximum atomic E-state index is 11.4. The molecule has 7 heteroatoms. The molecule has 0 aromatic carbocycles. The number of carbonyl (C=O) groups excluding carboxylic acids is 1. The van der Waals surface area contributed by atoms with Crippen LogP contribution in [0.15, 0.2) is 6.33 Å². The first kappa shape index (κ1) is 12.0. The smallest absolute Gasteiger partial charge is 0.308 e. The molecular weight excluding hydrogens is 244 g/mol. The Morgan fingerprint density at radius 3 is 2.76 bits per heavy atom. The van der Waals surface area contributed by atoms with E-state index >= 15 is 0 Å². The van der Waals surface area contributed by atoms with Crippen molar-refractivity contribution in [1.29, 1.82) is 0 Å². The lowest BCUT2D eigenvalue weighted by molar-refractivity contribution is -0.146. The molecule has 0 amide bonds. The summed E-state index contributed by atoms with van der Waals surface area (Å²) < 4.78 is 4.73. The van der Waals surface area contributed by atoms with Crippen molar-refractivity contribution in [1.82, 2.24) is 15.0 Å². The van der Waals surface area contributed by atoms with Gasteiger partial charge < -0.3 is 9.64 Å². The molecule has 2 heterocycles. The molecule has 0 radical (unpaired) electrons. The van der Waals surface area contributed by atoms with Gasteiger partial charge in [-0.2, -0.15) is 4.98 Å². The van der Waals surface area contributed by atoms with E-state index in [0.717, 1.165) is 25.9 Å². The summed E-state index contributed by atoms with van der Waals surface area (Å²) in [6.45, 7) is 1.44. The van der Waals surface area contributed by atoms with Crippen LogP contribution in [0.2, 0.25) is 5.28 Å². The molecule has 1 aliphatic heterocycles. The number of aromatic nitrogens is 3. The van der Waals surface area contributed by atoms with Gasteiger partial charge in [0.2, 0.25) is 11.2 Å². The summed E-state index contributed by atoms with van der Waals surface area (Å²) in [5, 5.41) is 0.185. The average Bonchev–Trinajstić information content (AvgIpc) is 2.38. The topological polar surface area (TPSA) is 68.2 Å². The molecule has 2 rings (SSSR count). The number of ether oxygens (including phenoxy) is 1. The normalized spacial score (nSPS) is 16.9. The van der Waals surface area contributed by atoms with Gasteiger partial charge in [0, 0.05) is 13.1 Å². The van der Waals surface area contributed by atoms with Crippen molar-refractivity contribution in [3.63, 3.8) is 0 Å². The Morgan fingerprint density at radius 1 is 1.47 bits per heavy atom. The molecule has 1 saturated heterocycles. The van der Waals surface area contributed by atoms with Gasteiger partial charge >= 0.3 is 5.97 Å². The number of anilines is 1. The Hall–Kier alpha value is -1.43. The molecule has 0 atom stereocenters. The van der Waals surface area contributed by atoms with E-state index in [9.17, 15) is 4.79 Å². The Labute approximate surface area is 104 Å². The second kappa shape index (κ2) is 5.27. The zero-order valence-corrected chi connectivity index (χ0v) is 10.2. The maximum absolute atomic E-state index is 11.4. The van der Waals surface area contributed by atoms with Crippen LogP contribution in [0.1, 0.15) is 12.8 Å². The van der Waals surface area contributed by atoms with Crippen molar-refractivity contribution in [2.75, 3.05) is 25.1 Å². The minimum absolute atomic E-state index is 0.0199. The largest absolute Gasteiger partial charge is 0.469 e. The van der Waals surface area contributed by atoms with Crippen molar-refractivity contribution in [2.45, 2.75) is 12.8 Å². The summed E-state index contributed by atoms with van der Waals surface area (Å²) >= 11 is 5.70. The molecule has 1 aromatic heterocycles. The van der Waals surface area contributed by atoms with Crippen molar-refractivity contribution < 1.29 is 9.53 Å². The molecule has 1 aliphatic rings. The molecule has 0 saturated carbocycles. The highest BCUT2D eigenvalue weighted by Gasteiger charge is 2.26. The quantitative estimate of drug-likeness (QED) is 0.733. The van der Waals surface area contributed by atoms with E-state index in [1.54, 1.807) is 0 Å². The number of rotatable bonds is 2. The molecule has 1 aromatic rings. The molecule has 0 aliphatic carbocycles. The van der Waals surface area contributed by atoms with Gasteiger partial charge in [0.1, 0.15) is 6.33 Å². The van der Waals surface area contributed by atoms with Crippen LogP contribution >= 0.6 is 11.6 Å². The van der Waals surface area contributed by atoms with E-state index in [4.69, 9.17) is 16.3 Å². The summed E-state index contributed by atoms with van der Waals surface area (Å²) in [6.07, 6.45) is 2.88. The summed E-state index contributed by atoms with van der Waals surface area (Å²) in [6, 6.07) is 0. The van der Waals surface area contributed by atoms with Crippen LogP contribution in [-0.2, 0) is 9.53 Å². The van der Waals surface area contributed by atoms with Gasteiger partial charge in [0.15, 0.2) is 0 Å². The molecule has 0 unspecified atom stereocenters. The second-order valence-electron chi connectivity index (χ2n) is 3.84. The van der Waals surface area contributed by atoms with Crippen LogP contribution in [0.25, 0.3) is 0 Å². The zero-order chi connectivity index (χ0) is 12.3. The lowest BCUT2D eigenvalue weighted by Gasteiger charge is -2.30. The molecule has 0 N–H and O–H groups in total. The van der Waals surface area contributed by atoms with Crippen LogP contribution in [-0.4, -0.2) is 41.1 Å². The summed E-state index contributed by atoms with van der Waals surface area (Å²) in [5.74, 6) is 0.403. The number of hydrogen-bond acceptors (Lipinski definition) is 6. The van der Waals surface area contributed by atoms with Crippen LogP contribution in [0.5, 0.6) is 0 Å². The van der Waals surface area contributed by atoms with Crippen LogP contribution < -0.4 is 4.90 Å². The highest BCUT2D eigenvalue weighted by Crippen LogP contribution is 2.21. The van der Waals surface area contributed by atoms with Gasteiger partial charge in [-0.1, -0.05) is 0 Å². The molecule has 6 nitrogen and oxygen atoms in total. The van der Waals surface area contributed by atoms with Crippen LogP contribution in [0, 0.1) is 5.92 Å². The standard InChI is InChI=1S/C10H13ClN4O2/c1-17-8(16)7-2-4-15(5-3-7)10-13-6-12-9(11)14-10/h6-7H,2-5H2,1H3. The Kier molecular flexibility index (Phi) is 3.73. The van der Waals surface area contributed by atoms with Crippen molar-refractivity contribution in [2.24, 2.45) is 5.92 Å². The van der Waals surface area contributed by atoms with E-state index in [-0.39, 0.29) is 17.2 Å². The molecule has 0 bridgehead atoms. The molecular formula is C10H13ClN4O2. The fourth-order valence-corrected chi connectivity index (χ4v) is 2.02. The second-order valence-corrected chi connectivity index (χ2v) is 4.18. The fourth-order valence-electron chi connectivity index (χ4n) is 1.90. The summed E-state index contributed by atoms with van der Waals surface area (Å²) in [5.41, 5.74) is 0. The predicted octanol–water partition coefficient (Wildman–Crippen LogP) is 0.914. The third-order valence-corrected chi connectivity index (χ3v) is 3.02. The third kappa shape index (κ3) is 2.82. The number of nitrogens with zero attached hydrogens (tertiary/aromatic N) is 4. The Bertz CT molecular complexity index is 407. The number of carbonyl (C=O) groups is 1. The van der Waals surface area contributed by atoms with Crippen LogP contribution in [0.4, 0.5) is 5.95 Å². The summed E-state index contributed by atoms with van der Waals surface area (Å²) in [7, 11) is 1.42. The first-order valence-electron chi connectivity index (χ1n) is 5.38. The minimum atomic E-state index is -0.140. The first-order valence-corrected chi connectivity index (χ1v) is 5.76.